The van der Waals surface area contributed by atoms with Gasteiger partial charge in [0.2, 0.25) is 5.91 Å². The van der Waals surface area contributed by atoms with E-state index in [2.05, 4.69) is 11.9 Å². The van der Waals surface area contributed by atoms with Crippen LogP contribution < -0.4 is 5.32 Å². The van der Waals surface area contributed by atoms with E-state index >= 15 is 0 Å². The molecule has 1 N–H and O–H groups in total. The van der Waals surface area contributed by atoms with Crippen LogP contribution in [-0.2, 0) is 4.79 Å². The maximum atomic E-state index is 12.6. The molecule has 0 bridgehead atoms. The first-order chi connectivity index (χ1) is 11.1. The van der Waals surface area contributed by atoms with E-state index in [1.165, 1.54) is 30.6 Å². The summed E-state index contributed by atoms with van der Waals surface area (Å²) in [5.74, 6) is -0.215. The van der Waals surface area contributed by atoms with Gasteiger partial charge in [-0.2, -0.15) is 0 Å². The molecule has 1 aromatic rings. The zero-order valence-corrected chi connectivity index (χ0v) is 13.7. The number of carbonyl (C=O) groups excluding carboxylic acids is 2. The van der Waals surface area contributed by atoms with Crippen molar-refractivity contribution in [3.05, 3.63) is 42.0 Å². The highest BCUT2D eigenvalue weighted by molar-refractivity contribution is 6.10. The van der Waals surface area contributed by atoms with Crippen molar-refractivity contribution in [2.45, 2.75) is 57.5 Å². The second kappa shape index (κ2) is 6.57. The summed E-state index contributed by atoms with van der Waals surface area (Å²) in [6.07, 6.45) is 6.90. The van der Waals surface area contributed by atoms with Gasteiger partial charge in [0.25, 0.3) is 5.91 Å². The van der Waals surface area contributed by atoms with E-state index in [9.17, 15) is 9.59 Å². The van der Waals surface area contributed by atoms with Crippen molar-refractivity contribution in [2.75, 3.05) is 0 Å². The topological polar surface area (TPSA) is 49.4 Å². The predicted octanol–water partition coefficient (Wildman–Crippen LogP) is 3.34. The van der Waals surface area contributed by atoms with Crippen LogP contribution in [0.15, 0.2) is 30.8 Å². The average Bonchev–Trinajstić information content (AvgIpc) is 2.74. The molecule has 1 aromatic carbocycles. The fourth-order valence-corrected chi connectivity index (χ4v) is 3.58. The molecule has 4 nitrogen and oxygen atoms in total. The second-order valence-corrected chi connectivity index (χ2v) is 6.54. The summed E-state index contributed by atoms with van der Waals surface area (Å²) in [7, 11) is 0. The van der Waals surface area contributed by atoms with E-state index in [1.807, 2.05) is 18.2 Å². The molecular formula is C19H24N2O2. The molecule has 1 heterocycles. The number of hydrogen-bond donors (Lipinski definition) is 1. The van der Waals surface area contributed by atoms with Gasteiger partial charge in [-0.05, 0) is 25.8 Å². The van der Waals surface area contributed by atoms with Crippen molar-refractivity contribution in [1.82, 2.24) is 10.2 Å². The van der Waals surface area contributed by atoms with Crippen LogP contribution in [0.5, 0.6) is 0 Å². The first-order valence-corrected chi connectivity index (χ1v) is 8.52. The molecule has 1 saturated carbocycles. The number of benzene rings is 1. The van der Waals surface area contributed by atoms with E-state index < -0.39 is 6.04 Å². The Balaban J connectivity index is 1.70. The molecule has 1 atom stereocenters. The smallest absolute Gasteiger partial charge is 0.259 e. The monoisotopic (exact) mass is 312 g/mol. The number of nitrogens with one attached hydrogen (secondary N) is 1. The zero-order valence-electron chi connectivity index (χ0n) is 13.7. The molecule has 0 spiro atoms. The maximum Gasteiger partial charge on any atom is 0.259 e. The van der Waals surface area contributed by atoms with Crippen LogP contribution in [0, 0.1) is 0 Å². The Kier molecular flexibility index (Phi) is 4.51. The second-order valence-electron chi connectivity index (χ2n) is 6.54. The first kappa shape index (κ1) is 15.8. The summed E-state index contributed by atoms with van der Waals surface area (Å²) in [6, 6.07) is 7.09. The van der Waals surface area contributed by atoms with Gasteiger partial charge in [-0.3, -0.25) is 14.5 Å². The molecule has 1 aliphatic heterocycles. The van der Waals surface area contributed by atoms with Gasteiger partial charge < -0.3 is 5.32 Å². The van der Waals surface area contributed by atoms with Gasteiger partial charge in [0, 0.05) is 22.9 Å². The molecule has 0 saturated heterocycles. The summed E-state index contributed by atoms with van der Waals surface area (Å²) in [5.41, 5.74) is 2.08. The Hall–Kier alpha value is -2.10. The molecule has 1 unspecified atom stereocenters. The quantitative estimate of drug-likeness (QED) is 0.870. The van der Waals surface area contributed by atoms with Crippen molar-refractivity contribution in [3.63, 3.8) is 0 Å². The van der Waals surface area contributed by atoms with Gasteiger partial charge in [0.05, 0.1) is 0 Å². The third-order valence-corrected chi connectivity index (χ3v) is 4.95. The van der Waals surface area contributed by atoms with Crippen LogP contribution in [0.2, 0.25) is 0 Å². The molecule has 0 radical (unpaired) electrons. The molecule has 1 aliphatic carbocycles. The van der Waals surface area contributed by atoms with Crippen molar-refractivity contribution in [3.8, 4) is 0 Å². The fourth-order valence-electron chi connectivity index (χ4n) is 3.58. The highest BCUT2D eigenvalue weighted by atomic mass is 16.2. The summed E-state index contributed by atoms with van der Waals surface area (Å²) in [6.45, 7) is 5.80. The van der Waals surface area contributed by atoms with Crippen LogP contribution in [-0.4, -0.2) is 28.8 Å². The minimum Gasteiger partial charge on any atom is -0.352 e. The van der Waals surface area contributed by atoms with Crippen molar-refractivity contribution < 1.29 is 9.59 Å². The Labute approximate surface area is 137 Å². The summed E-state index contributed by atoms with van der Waals surface area (Å²) in [4.78, 5) is 26.7. The molecule has 0 aromatic heterocycles. The number of carbonyl (C=O) groups is 2. The largest absolute Gasteiger partial charge is 0.352 e. The predicted molar refractivity (Wildman–Crippen MR) is 90.7 cm³/mol. The van der Waals surface area contributed by atoms with E-state index in [1.54, 1.807) is 13.0 Å². The van der Waals surface area contributed by atoms with Crippen molar-refractivity contribution in [2.24, 2.45) is 0 Å². The molecule has 3 rings (SSSR count). The van der Waals surface area contributed by atoms with Crippen LogP contribution in [0.4, 0.5) is 0 Å². The molecule has 1 fully saturated rings. The van der Waals surface area contributed by atoms with E-state index in [0.717, 1.165) is 18.4 Å². The standard InChI is InChI=1S/C19H24N2O2/c1-13-16-11-7-8-12-17(16)19(23)21(13)14(2)18(22)20-15-9-5-3-4-6-10-15/h7-8,11-12,14-15H,1,3-6,9-10H2,2H3,(H,20,22). The molecule has 122 valence electrons. The van der Waals surface area contributed by atoms with Gasteiger partial charge >= 0.3 is 0 Å². The number of amides is 2. The number of hydrogen-bond acceptors (Lipinski definition) is 2. The van der Waals surface area contributed by atoms with Gasteiger partial charge in [-0.1, -0.05) is 50.5 Å². The van der Waals surface area contributed by atoms with Crippen LogP contribution in [0.25, 0.3) is 5.70 Å². The average molecular weight is 312 g/mol. The lowest BCUT2D eigenvalue weighted by atomic mass is 10.1. The van der Waals surface area contributed by atoms with E-state index in [0.29, 0.717) is 11.3 Å². The Morgan fingerprint density at radius 1 is 1.17 bits per heavy atom. The molecule has 4 heteroatoms. The normalized spacial score (nSPS) is 20.1. The van der Waals surface area contributed by atoms with Crippen LogP contribution >= 0.6 is 0 Å². The minimum absolute atomic E-state index is 0.0841. The highest BCUT2D eigenvalue weighted by Gasteiger charge is 2.37. The summed E-state index contributed by atoms with van der Waals surface area (Å²) in [5, 5.41) is 3.13. The number of nitrogens with zero attached hydrogens (tertiary/aromatic N) is 1. The Morgan fingerprint density at radius 3 is 2.39 bits per heavy atom. The molecule has 23 heavy (non-hydrogen) atoms. The Morgan fingerprint density at radius 2 is 1.78 bits per heavy atom. The fraction of sp³-hybridized carbons (Fsp3) is 0.474. The lowest BCUT2D eigenvalue weighted by Gasteiger charge is -2.27. The number of rotatable bonds is 3. The van der Waals surface area contributed by atoms with E-state index in [-0.39, 0.29) is 17.9 Å². The highest BCUT2D eigenvalue weighted by Crippen LogP contribution is 2.33. The van der Waals surface area contributed by atoms with E-state index in [4.69, 9.17) is 0 Å². The summed E-state index contributed by atoms with van der Waals surface area (Å²) < 4.78 is 0. The van der Waals surface area contributed by atoms with Crippen LogP contribution in [0.1, 0.15) is 61.4 Å². The lowest BCUT2D eigenvalue weighted by molar-refractivity contribution is -0.125. The van der Waals surface area contributed by atoms with Crippen molar-refractivity contribution in [1.29, 1.82) is 0 Å². The summed E-state index contributed by atoms with van der Waals surface area (Å²) >= 11 is 0. The number of fused-ring (bicyclic) bond motifs is 1. The van der Waals surface area contributed by atoms with Gasteiger partial charge in [0.1, 0.15) is 6.04 Å². The molecule has 2 aliphatic rings. The van der Waals surface area contributed by atoms with Gasteiger partial charge in [-0.25, -0.2) is 0 Å². The maximum absolute atomic E-state index is 12.6. The zero-order chi connectivity index (χ0) is 16.4. The van der Waals surface area contributed by atoms with Gasteiger partial charge in [0.15, 0.2) is 0 Å². The minimum atomic E-state index is -0.536. The van der Waals surface area contributed by atoms with Gasteiger partial charge in [-0.15, -0.1) is 0 Å². The first-order valence-electron chi connectivity index (χ1n) is 8.52. The molecular weight excluding hydrogens is 288 g/mol. The molecule has 2 amide bonds. The SMILES string of the molecule is C=C1c2ccccc2C(=O)N1C(C)C(=O)NC1CCCCCC1. The third-order valence-electron chi connectivity index (χ3n) is 4.95. The third kappa shape index (κ3) is 3.03. The van der Waals surface area contributed by atoms with Crippen molar-refractivity contribution >= 4 is 17.5 Å². The Bertz CT molecular complexity index is 595. The van der Waals surface area contributed by atoms with Crippen LogP contribution in [0.3, 0.4) is 0 Å². The lowest BCUT2D eigenvalue weighted by Crippen LogP contribution is -2.47.